The third-order valence-electron chi connectivity index (χ3n) is 6.48. The summed E-state index contributed by atoms with van der Waals surface area (Å²) in [4.78, 5) is 19.9. The average molecular weight is 488 g/mol. The topological polar surface area (TPSA) is 75.1 Å². The molecule has 186 valence electrons. The summed E-state index contributed by atoms with van der Waals surface area (Å²) in [6.45, 7) is 1.55. The molecule has 0 spiro atoms. The van der Waals surface area contributed by atoms with Crippen molar-refractivity contribution in [3.63, 3.8) is 0 Å². The van der Waals surface area contributed by atoms with Crippen LogP contribution in [-0.4, -0.2) is 49.9 Å². The molecule has 0 saturated carbocycles. The maximum absolute atomic E-state index is 13.2. The van der Waals surface area contributed by atoms with Crippen molar-refractivity contribution < 1.29 is 23.7 Å². The Hall–Kier alpha value is -4.20. The number of anilines is 1. The van der Waals surface area contributed by atoms with Gasteiger partial charge in [-0.05, 0) is 36.4 Å². The summed E-state index contributed by atoms with van der Waals surface area (Å²) in [6, 6.07) is 21.1. The van der Waals surface area contributed by atoms with E-state index in [-0.39, 0.29) is 11.8 Å². The molecule has 1 saturated heterocycles. The van der Waals surface area contributed by atoms with Crippen LogP contribution < -0.4 is 23.8 Å². The molecule has 4 aromatic rings. The highest BCUT2D eigenvalue weighted by molar-refractivity contribution is 5.98. The van der Waals surface area contributed by atoms with Gasteiger partial charge in [0.1, 0.15) is 35.4 Å². The van der Waals surface area contributed by atoms with Gasteiger partial charge in [-0.15, -0.1) is 0 Å². The standard InChI is InChI=1S/C28H29N3O5/c1-33-20-7-6-8-22(16-20)36-14-13-30-24-10-5-4-9-23(24)29-28(30)19-15-27(32)31(18-19)25-17-21(34-2)11-12-26(25)35-3/h4-12,16-17,19H,13-15,18H2,1-3H3. The largest absolute Gasteiger partial charge is 0.497 e. The maximum Gasteiger partial charge on any atom is 0.227 e. The molecule has 0 N–H and O–H groups in total. The summed E-state index contributed by atoms with van der Waals surface area (Å²) in [5.41, 5.74) is 2.62. The number of fused-ring (bicyclic) bond motifs is 1. The average Bonchev–Trinajstić information content (AvgIpc) is 3.48. The molecule has 8 heteroatoms. The van der Waals surface area contributed by atoms with Crippen LogP contribution in [0.3, 0.4) is 0 Å². The van der Waals surface area contributed by atoms with Crippen molar-refractivity contribution >= 4 is 22.6 Å². The van der Waals surface area contributed by atoms with Crippen LogP contribution in [0, 0.1) is 0 Å². The smallest absolute Gasteiger partial charge is 0.227 e. The van der Waals surface area contributed by atoms with Crippen molar-refractivity contribution in [3.05, 3.63) is 72.6 Å². The molecule has 1 atom stereocenters. The van der Waals surface area contributed by atoms with Gasteiger partial charge in [-0.2, -0.15) is 0 Å². The third kappa shape index (κ3) is 4.54. The summed E-state index contributed by atoms with van der Waals surface area (Å²) in [5.74, 6) is 3.62. The van der Waals surface area contributed by atoms with Crippen molar-refractivity contribution in [2.75, 3.05) is 39.4 Å². The van der Waals surface area contributed by atoms with Gasteiger partial charge in [0.2, 0.25) is 5.91 Å². The number of nitrogens with zero attached hydrogens (tertiary/aromatic N) is 3. The third-order valence-corrected chi connectivity index (χ3v) is 6.48. The van der Waals surface area contributed by atoms with Crippen LogP contribution in [0.15, 0.2) is 66.7 Å². The van der Waals surface area contributed by atoms with Gasteiger partial charge in [0.15, 0.2) is 0 Å². The maximum atomic E-state index is 13.2. The van der Waals surface area contributed by atoms with Crippen LogP contribution >= 0.6 is 0 Å². The second-order valence-electron chi connectivity index (χ2n) is 8.58. The zero-order chi connectivity index (χ0) is 25.1. The first-order chi connectivity index (χ1) is 17.6. The molecule has 1 aliphatic rings. The molecule has 1 fully saturated rings. The van der Waals surface area contributed by atoms with Crippen molar-refractivity contribution in [2.24, 2.45) is 0 Å². The van der Waals surface area contributed by atoms with E-state index in [0.29, 0.717) is 43.3 Å². The minimum absolute atomic E-state index is 0.0257. The lowest BCUT2D eigenvalue weighted by molar-refractivity contribution is -0.117. The van der Waals surface area contributed by atoms with E-state index in [1.54, 1.807) is 26.2 Å². The number of imidazole rings is 1. The molecule has 0 radical (unpaired) electrons. The molecule has 8 nitrogen and oxygen atoms in total. The van der Waals surface area contributed by atoms with Gasteiger partial charge in [-0.3, -0.25) is 4.79 Å². The first kappa shape index (κ1) is 23.5. The molecular formula is C28H29N3O5. The fourth-order valence-corrected chi connectivity index (χ4v) is 4.71. The zero-order valence-corrected chi connectivity index (χ0v) is 20.6. The number of rotatable bonds is 9. The Balaban J connectivity index is 1.41. The molecule has 0 aliphatic carbocycles. The molecule has 5 rings (SSSR count). The summed E-state index contributed by atoms with van der Waals surface area (Å²) < 4.78 is 24.4. The minimum atomic E-state index is -0.0716. The number of carbonyl (C=O) groups excluding carboxylic acids is 1. The number of amides is 1. The van der Waals surface area contributed by atoms with E-state index in [1.165, 1.54) is 0 Å². The van der Waals surface area contributed by atoms with Crippen molar-refractivity contribution in [2.45, 2.75) is 18.9 Å². The molecule has 36 heavy (non-hydrogen) atoms. The van der Waals surface area contributed by atoms with Crippen LogP contribution in [0.4, 0.5) is 5.69 Å². The van der Waals surface area contributed by atoms with Gasteiger partial charge in [0.05, 0.1) is 44.6 Å². The van der Waals surface area contributed by atoms with Crippen molar-refractivity contribution in [1.82, 2.24) is 9.55 Å². The molecule has 1 aromatic heterocycles. The second kappa shape index (κ2) is 10.2. The minimum Gasteiger partial charge on any atom is -0.497 e. The monoisotopic (exact) mass is 487 g/mol. The summed E-state index contributed by atoms with van der Waals surface area (Å²) in [5, 5.41) is 0. The molecule has 3 aromatic carbocycles. The molecular weight excluding hydrogens is 458 g/mol. The highest BCUT2D eigenvalue weighted by Gasteiger charge is 2.36. The van der Waals surface area contributed by atoms with Gasteiger partial charge in [-0.1, -0.05) is 18.2 Å². The van der Waals surface area contributed by atoms with Crippen molar-refractivity contribution in [3.8, 4) is 23.0 Å². The second-order valence-corrected chi connectivity index (χ2v) is 8.58. The number of para-hydroxylation sites is 2. The van der Waals surface area contributed by atoms with Gasteiger partial charge >= 0.3 is 0 Å². The number of carbonyl (C=O) groups is 1. The normalized spacial score (nSPS) is 15.4. The number of ether oxygens (including phenoxy) is 4. The van der Waals surface area contributed by atoms with E-state index in [0.717, 1.165) is 28.4 Å². The zero-order valence-electron chi connectivity index (χ0n) is 20.6. The molecule has 2 heterocycles. The fraction of sp³-hybridized carbons (Fsp3) is 0.286. The number of methoxy groups -OCH3 is 3. The Morgan fingerprint density at radius 3 is 2.47 bits per heavy atom. The predicted molar refractivity (Wildman–Crippen MR) is 137 cm³/mol. The van der Waals surface area contributed by atoms with Gasteiger partial charge in [0.25, 0.3) is 0 Å². The van der Waals surface area contributed by atoms with Crippen LogP contribution in [-0.2, 0) is 11.3 Å². The van der Waals surface area contributed by atoms with E-state index in [4.69, 9.17) is 23.9 Å². The summed E-state index contributed by atoms with van der Waals surface area (Å²) in [6.07, 6.45) is 0.362. The molecule has 0 bridgehead atoms. The Bertz CT molecular complexity index is 1380. The van der Waals surface area contributed by atoms with E-state index in [1.807, 2.05) is 60.7 Å². The van der Waals surface area contributed by atoms with E-state index < -0.39 is 0 Å². The first-order valence-electron chi connectivity index (χ1n) is 11.9. The van der Waals surface area contributed by atoms with E-state index in [9.17, 15) is 4.79 Å². The van der Waals surface area contributed by atoms with Crippen molar-refractivity contribution in [1.29, 1.82) is 0 Å². The van der Waals surface area contributed by atoms with Crippen LogP contribution in [0.2, 0.25) is 0 Å². The highest BCUT2D eigenvalue weighted by Crippen LogP contribution is 2.39. The Morgan fingerprint density at radius 2 is 1.67 bits per heavy atom. The van der Waals surface area contributed by atoms with Crippen LogP contribution in [0.1, 0.15) is 18.2 Å². The molecule has 1 unspecified atom stereocenters. The summed E-state index contributed by atoms with van der Waals surface area (Å²) >= 11 is 0. The first-order valence-corrected chi connectivity index (χ1v) is 11.9. The number of hydrogen-bond acceptors (Lipinski definition) is 6. The Labute approximate surface area is 210 Å². The van der Waals surface area contributed by atoms with Crippen LogP contribution in [0.25, 0.3) is 11.0 Å². The SMILES string of the molecule is COc1cccc(OCCn2c(C3CC(=O)N(c4cc(OC)ccc4OC)C3)nc3ccccc32)c1. The van der Waals surface area contributed by atoms with Crippen LogP contribution in [0.5, 0.6) is 23.0 Å². The molecule has 1 aliphatic heterocycles. The lowest BCUT2D eigenvalue weighted by atomic mass is 10.1. The summed E-state index contributed by atoms with van der Waals surface area (Å²) in [7, 11) is 4.84. The molecule has 1 amide bonds. The van der Waals surface area contributed by atoms with Gasteiger partial charge < -0.3 is 28.4 Å². The quantitative estimate of drug-likeness (QED) is 0.342. The predicted octanol–water partition coefficient (Wildman–Crippen LogP) is 4.66. The lowest BCUT2D eigenvalue weighted by Crippen LogP contribution is -2.25. The van der Waals surface area contributed by atoms with E-state index in [2.05, 4.69) is 10.6 Å². The fourth-order valence-electron chi connectivity index (χ4n) is 4.71. The lowest BCUT2D eigenvalue weighted by Gasteiger charge is -2.20. The Morgan fingerprint density at radius 1 is 0.889 bits per heavy atom. The van der Waals surface area contributed by atoms with Gasteiger partial charge in [0, 0.05) is 31.0 Å². The van der Waals surface area contributed by atoms with Gasteiger partial charge in [-0.25, -0.2) is 4.98 Å². The highest BCUT2D eigenvalue weighted by atomic mass is 16.5. The number of benzene rings is 3. The number of aromatic nitrogens is 2. The van der Waals surface area contributed by atoms with E-state index >= 15 is 0 Å². The Kier molecular flexibility index (Phi) is 6.66. The number of hydrogen-bond donors (Lipinski definition) is 0.